The van der Waals surface area contributed by atoms with Crippen molar-refractivity contribution in [3.8, 4) is 0 Å². The van der Waals surface area contributed by atoms with Crippen LogP contribution in [0.3, 0.4) is 0 Å². The van der Waals surface area contributed by atoms with E-state index >= 15 is 0 Å². The van der Waals surface area contributed by atoms with Gasteiger partial charge in [0, 0.05) is 23.5 Å². The van der Waals surface area contributed by atoms with E-state index in [0.717, 1.165) is 39.3 Å². The van der Waals surface area contributed by atoms with Gasteiger partial charge >= 0.3 is 0 Å². The Bertz CT molecular complexity index is 943. The fourth-order valence-corrected chi connectivity index (χ4v) is 3.70. The zero-order valence-corrected chi connectivity index (χ0v) is 16.6. The summed E-state index contributed by atoms with van der Waals surface area (Å²) >= 11 is 1.42. The van der Waals surface area contributed by atoms with E-state index in [2.05, 4.69) is 41.4 Å². The second kappa shape index (κ2) is 7.49. The van der Waals surface area contributed by atoms with E-state index in [1.807, 2.05) is 24.7 Å². The van der Waals surface area contributed by atoms with E-state index in [0.29, 0.717) is 18.0 Å². The van der Waals surface area contributed by atoms with Gasteiger partial charge in [-0.1, -0.05) is 18.3 Å². The van der Waals surface area contributed by atoms with Crippen molar-refractivity contribution in [2.45, 2.75) is 59.9 Å². The van der Waals surface area contributed by atoms with E-state index in [-0.39, 0.29) is 11.9 Å². The summed E-state index contributed by atoms with van der Waals surface area (Å²) < 4.78 is 1.94. The summed E-state index contributed by atoms with van der Waals surface area (Å²) in [5, 5.41) is 17.8. The van der Waals surface area contributed by atoms with E-state index < -0.39 is 0 Å². The average molecular weight is 372 g/mol. The molecule has 8 heteroatoms. The van der Waals surface area contributed by atoms with Crippen LogP contribution in [0.1, 0.15) is 55.1 Å². The fraction of sp³-hybridized carbons (Fsp3) is 0.500. The van der Waals surface area contributed by atoms with E-state index in [9.17, 15) is 4.79 Å². The molecule has 0 aromatic carbocycles. The van der Waals surface area contributed by atoms with E-state index in [1.54, 1.807) is 0 Å². The van der Waals surface area contributed by atoms with Crippen LogP contribution in [0, 0.1) is 13.8 Å². The van der Waals surface area contributed by atoms with Crippen molar-refractivity contribution in [2.75, 3.05) is 5.32 Å². The lowest BCUT2D eigenvalue weighted by atomic mass is 10.0. The van der Waals surface area contributed by atoms with Gasteiger partial charge in [0.05, 0.1) is 6.20 Å². The van der Waals surface area contributed by atoms with Crippen LogP contribution in [0.4, 0.5) is 5.13 Å². The highest BCUT2D eigenvalue weighted by atomic mass is 32.1. The summed E-state index contributed by atoms with van der Waals surface area (Å²) in [5.41, 5.74) is 4.12. The number of hydrogen-bond donors (Lipinski definition) is 1. The maximum absolute atomic E-state index is 12.3. The number of hydrogen-bond acceptors (Lipinski definition) is 6. The highest BCUT2D eigenvalue weighted by molar-refractivity contribution is 7.15. The molecule has 0 bridgehead atoms. The molecule has 0 saturated carbocycles. The minimum absolute atomic E-state index is 0.0550. The standard InChI is InChI=1S/C18H24N6OS/c1-6-16-22-23-18(26-16)21-15(25)8-7-13-11(4)14-9-19-24(10(2)3)17(14)20-12(13)5/h9-10H,6-8H2,1-5H3,(H,21,23,25). The van der Waals surface area contributed by atoms with Gasteiger partial charge in [0.15, 0.2) is 5.65 Å². The van der Waals surface area contributed by atoms with Crippen molar-refractivity contribution in [3.63, 3.8) is 0 Å². The molecule has 3 aromatic rings. The number of aryl methyl sites for hydroxylation is 3. The monoisotopic (exact) mass is 372 g/mol. The number of amides is 1. The van der Waals surface area contributed by atoms with Crippen molar-refractivity contribution in [1.82, 2.24) is 25.0 Å². The van der Waals surface area contributed by atoms with Crippen molar-refractivity contribution >= 4 is 33.4 Å². The fourth-order valence-electron chi connectivity index (χ4n) is 3.01. The molecule has 3 rings (SSSR count). The number of carbonyl (C=O) groups is 1. The number of carbonyl (C=O) groups excluding carboxylic acids is 1. The van der Waals surface area contributed by atoms with Gasteiger partial charge in [-0.15, -0.1) is 10.2 Å². The number of aromatic nitrogens is 5. The van der Waals surface area contributed by atoms with Crippen LogP contribution in [-0.4, -0.2) is 30.9 Å². The smallest absolute Gasteiger partial charge is 0.226 e. The second-order valence-electron chi connectivity index (χ2n) is 6.62. The molecular formula is C18H24N6OS. The lowest BCUT2D eigenvalue weighted by Crippen LogP contribution is -2.13. The highest BCUT2D eigenvalue weighted by Crippen LogP contribution is 2.25. The number of fused-ring (bicyclic) bond motifs is 1. The summed E-state index contributed by atoms with van der Waals surface area (Å²) in [5.74, 6) is -0.0550. The summed E-state index contributed by atoms with van der Waals surface area (Å²) in [7, 11) is 0. The predicted molar refractivity (Wildman–Crippen MR) is 104 cm³/mol. The van der Waals surface area contributed by atoms with Crippen molar-refractivity contribution < 1.29 is 4.79 Å². The molecule has 1 N–H and O–H groups in total. The van der Waals surface area contributed by atoms with Crippen LogP contribution in [-0.2, 0) is 17.6 Å². The molecule has 3 aromatic heterocycles. The van der Waals surface area contributed by atoms with Crippen molar-refractivity contribution in [2.24, 2.45) is 0 Å². The van der Waals surface area contributed by atoms with Crippen LogP contribution >= 0.6 is 11.3 Å². The van der Waals surface area contributed by atoms with E-state index in [4.69, 9.17) is 4.98 Å². The largest absolute Gasteiger partial charge is 0.301 e. The molecule has 1 amide bonds. The number of rotatable bonds is 6. The number of anilines is 1. The van der Waals surface area contributed by atoms with Crippen LogP contribution in [0.5, 0.6) is 0 Å². The minimum atomic E-state index is -0.0550. The van der Waals surface area contributed by atoms with Crippen molar-refractivity contribution in [3.05, 3.63) is 28.0 Å². The zero-order chi connectivity index (χ0) is 18.8. The third kappa shape index (κ3) is 3.60. The third-order valence-corrected chi connectivity index (χ3v) is 5.43. The molecule has 7 nitrogen and oxygen atoms in total. The summed E-state index contributed by atoms with van der Waals surface area (Å²) in [6.45, 7) is 10.3. The average Bonchev–Trinajstić information content (AvgIpc) is 3.21. The second-order valence-corrected chi connectivity index (χ2v) is 7.69. The number of pyridine rings is 1. The Hall–Kier alpha value is -2.35. The molecule has 0 aliphatic rings. The quantitative estimate of drug-likeness (QED) is 0.714. The van der Waals surface area contributed by atoms with Gasteiger partial charge in [0.1, 0.15) is 5.01 Å². The Labute approximate surface area is 156 Å². The molecule has 0 aliphatic heterocycles. The Morgan fingerprint density at radius 2 is 2.08 bits per heavy atom. The molecule has 0 atom stereocenters. The van der Waals surface area contributed by atoms with Gasteiger partial charge in [-0.2, -0.15) is 5.10 Å². The number of nitrogens with zero attached hydrogens (tertiary/aromatic N) is 5. The molecule has 0 unspecified atom stereocenters. The molecule has 138 valence electrons. The van der Waals surface area contributed by atoms with Crippen LogP contribution in [0.15, 0.2) is 6.20 Å². The van der Waals surface area contributed by atoms with Crippen molar-refractivity contribution in [1.29, 1.82) is 0 Å². The Morgan fingerprint density at radius 3 is 2.73 bits per heavy atom. The maximum atomic E-state index is 12.3. The topological polar surface area (TPSA) is 85.6 Å². The molecule has 26 heavy (non-hydrogen) atoms. The molecular weight excluding hydrogens is 348 g/mol. The first kappa shape index (κ1) is 18.4. The first-order valence-electron chi connectivity index (χ1n) is 8.86. The van der Waals surface area contributed by atoms with E-state index in [1.165, 1.54) is 11.3 Å². The minimum Gasteiger partial charge on any atom is -0.301 e. The van der Waals surface area contributed by atoms with Gasteiger partial charge in [-0.25, -0.2) is 9.67 Å². The summed E-state index contributed by atoms with van der Waals surface area (Å²) in [4.78, 5) is 17.0. The number of nitrogens with one attached hydrogen (secondary N) is 1. The Morgan fingerprint density at radius 1 is 1.31 bits per heavy atom. The summed E-state index contributed by atoms with van der Waals surface area (Å²) in [6, 6.07) is 0.260. The normalized spacial score (nSPS) is 11.5. The van der Waals surface area contributed by atoms with Gasteiger partial charge in [-0.05, 0) is 51.7 Å². The third-order valence-electron chi connectivity index (χ3n) is 4.44. The lowest BCUT2D eigenvalue weighted by molar-refractivity contribution is -0.116. The summed E-state index contributed by atoms with van der Waals surface area (Å²) in [6.07, 6.45) is 3.71. The molecule has 0 spiro atoms. The lowest BCUT2D eigenvalue weighted by Gasteiger charge is -2.12. The molecule has 0 saturated heterocycles. The molecule has 0 fully saturated rings. The molecule has 0 aliphatic carbocycles. The van der Waals surface area contributed by atoms with Crippen LogP contribution < -0.4 is 5.32 Å². The van der Waals surface area contributed by atoms with Gasteiger partial charge in [0.25, 0.3) is 0 Å². The Balaban J connectivity index is 1.75. The van der Waals surface area contributed by atoms with Gasteiger partial charge < -0.3 is 5.32 Å². The first-order valence-corrected chi connectivity index (χ1v) is 9.67. The molecule has 0 radical (unpaired) electrons. The first-order chi connectivity index (χ1) is 12.4. The highest BCUT2D eigenvalue weighted by Gasteiger charge is 2.16. The van der Waals surface area contributed by atoms with Gasteiger partial charge in [0.2, 0.25) is 11.0 Å². The van der Waals surface area contributed by atoms with Crippen LogP contribution in [0.2, 0.25) is 0 Å². The van der Waals surface area contributed by atoms with Gasteiger partial charge in [-0.3, -0.25) is 4.79 Å². The zero-order valence-electron chi connectivity index (χ0n) is 15.8. The Kier molecular flexibility index (Phi) is 5.31. The SMILES string of the molecule is CCc1nnc(NC(=O)CCc2c(C)nc3c(cnn3C(C)C)c2C)s1. The van der Waals surface area contributed by atoms with Crippen LogP contribution in [0.25, 0.3) is 11.0 Å². The maximum Gasteiger partial charge on any atom is 0.226 e. The molecule has 3 heterocycles. The predicted octanol–water partition coefficient (Wildman–Crippen LogP) is 3.61.